The molecule has 2 fully saturated rings. The summed E-state index contributed by atoms with van der Waals surface area (Å²) in [5, 5.41) is 5.53. The van der Waals surface area contributed by atoms with Crippen molar-refractivity contribution >= 4 is 40.5 Å². The molecule has 1 unspecified atom stereocenters. The average molecular weight is 920 g/mol. The number of pyridine rings is 1. The monoisotopic (exact) mass is 920 g/mol. The molecule has 5 atom stereocenters. The second-order valence-corrected chi connectivity index (χ2v) is 19.3. The molecule has 3 aliphatic rings. The number of hydrogen-bond donors (Lipinski definition) is 2. The number of esters is 1. The summed E-state index contributed by atoms with van der Waals surface area (Å²) in [5.41, 5.74) is 10.3. The third-order valence-corrected chi connectivity index (χ3v) is 13.5. The van der Waals surface area contributed by atoms with Crippen LogP contribution in [0.5, 0.6) is 0 Å². The standard InChI is InChI=1S/C52H66FN7O7/c1-9-59-43-20-19-36-28-39(43)40(47(59)38-16-12-23-54-45(38)33(4)66-8)29-52(5,6)31-67-51(65)41-17-13-24-60(56-41)50(64)42(27-34-14-10-15-35(36)26-34)55-48(62)46(32(2)3)57(7)49(63)37-21-25-58(30-37)44(61)18-11-22-53/h10-12,14-16,18-20,23,26,28,32-33,37,41-42,46,56H,9,13,17,21-22,24-25,27,29-31H2,1-8H3,(H,55,62)/b18-11+/t33-,37-,41-,42-,46?/m0/s1. The predicted octanol–water partition coefficient (Wildman–Crippen LogP) is 6.60. The Morgan fingerprint density at radius 1 is 1.06 bits per heavy atom. The first-order valence-electron chi connectivity index (χ1n) is 23.6. The van der Waals surface area contributed by atoms with E-state index in [0.717, 1.165) is 56.2 Å². The number of hydrogen-bond acceptors (Lipinski definition) is 9. The Morgan fingerprint density at radius 3 is 2.57 bits per heavy atom. The van der Waals surface area contributed by atoms with Crippen molar-refractivity contribution in [2.24, 2.45) is 17.3 Å². The van der Waals surface area contributed by atoms with E-state index in [1.807, 2.05) is 51.1 Å². The zero-order valence-electron chi connectivity index (χ0n) is 40.1. The number of nitrogens with zero attached hydrogens (tertiary/aromatic N) is 5. The second-order valence-electron chi connectivity index (χ2n) is 19.3. The molecule has 0 aliphatic carbocycles. The lowest BCUT2D eigenvalue weighted by Gasteiger charge is -2.37. The molecule has 67 heavy (non-hydrogen) atoms. The van der Waals surface area contributed by atoms with E-state index in [2.05, 4.69) is 60.3 Å². The van der Waals surface area contributed by atoms with E-state index >= 15 is 0 Å². The van der Waals surface area contributed by atoms with Crippen molar-refractivity contribution in [3.8, 4) is 22.4 Å². The molecule has 14 nitrogen and oxygen atoms in total. The van der Waals surface area contributed by atoms with Gasteiger partial charge in [-0.1, -0.05) is 58.0 Å². The van der Waals surface area contributed by atoms with Crippen LogP contribution in [0.4, 0.5) is 4.39 Å². The van der Waals surface area contributed by atoms with E-state index in [4.69, 9.17) is 14.5 Å². The van der Waals surface area contributed by atoms with Crippen LogP contribution < -0.4 is 10.7 Å². The van der Waals surface area contributed by atoms with Crippen LogP contribution in [0.1, 0.15) is 83.7 Å². The van der Waals surface area contributed by atoms with Crippen molar-refractivity contribution < 1.29 is 37.8 Å². The Balaban J connectivity index is 1.27. The number of methoxy groups -OCH3 is 1. The lowest BCUT2D eigenvalue weighted by atomic mass is 9.84. The molecule has 6 bridgehead atoms. The van der Waals surface area contributed by atoms with E-state index in [-0.39, 0.29) is 43.4 Å². The van der Waals surface area contributed by atoms with Crippen LogP contribution in [0.15, 0.2) is 72.9 Å². The van der Waals surface area contributed by atoms with Crippen LogP contribution in [0.25, 0.3) is 33.3 Å². The molecule has 2 N–H and O–H groups in total. The molecule has 2 aromatic carbocycles. The number of aromatic nitrogens is 2. The van der Waals surface area contributed by atoms with Gasteiger partial charge in [0.05, 0.1) is 30.0 Å². The van der Waals surface area contributed by atoms with Crippen LogP contribution >= 0.6 is 0 Å². The van der Waals surface area contributed by atoms with Crippen LogP contribution in [0.2, 0.25) is 0 Å². The van der Waals surface area contributed by atoms with E-state index in [1.165, 1.54) is 20.9 Å². The minimum absolute atomic E-state index is 0.124. The summed E-state index contributed by atoms with van der Waals surface area (Å²) >= 11 is 0. The molecule has 15 heteroatoms. The van der Waals surface area contributed by atoms with E-state index in [9.17, 15) is 28.4 Å². The SMILES string of the molecule is CCn1c(-c2cccnc2[C@H](C)OC)c2c3cc(ccc31)-c1cccc(c1)C[C@H](NC(=O)C(C(C)C)N(C)C(=O)[C@H]1CCN(C(=O)/C=C/CF)C1)C(=O)N1CCC[C@H](N1)C(=O)OCC(C)(C)C2. The van der Waals surface area contributed by atoms with Gasteiger partial charge in [0, 0.05) is 80.9 Å². The number of cyclic esters (lactones) is 1. The predicted molar refractivity (Wildman–Crippen MR) is 255 cm³/mol. The molecular formula is C52H66FN7O7. The molecule has 0 radical (unpaired) electrons. The van der Waals surface area contributed by atoms with Gasteiger partial charge in [-0.05, 0) is 98.0 Å². The fourth-order valence-corrected chi connectivity index (χ4v) is 10.0. The van der Waals surface area contributed by atoms with Crippen LogP contribution in [-0.4, -0.2) is 119 Å². The van der Waals surface area contributed by atoms with Gasteiger partial charge in [-0.3, -0.25) is 34.0 Å². The van der Waals surface area contributed by atoms with Crippen LogP contribution in [-0.2, 0) is 52.8 Å². The minimum Gasteiger partial charge on any atom is -0.464 e. The summed E-state index contributed by atoms with van der Waals surface area (Å²) in [6.07, 6.45) is 5.94. The van der Waals surface area contributed by atoms with E-state index in [1.54, 1.807) is 20.4 Å². The zero-order chi connectivity index (χ0) is 48.2. The van der Waals surface area contributed by atoms with E-state index < -0.39 is 53.9 Å². The lowest BCUT2D eigenvalue weighted by Crippen LogP contribution is -2.62. The summed E-state index contributed by atoms with van der Waals surface area (Å²) < 4.78 is 27.0. The Bertz CT molecular complexity index is 2520. The number of fused-ring (bicyclic) bond motifs is 6. The summed E-state index contributed by atoms with van der Waals surface area (Å²) in [6, 6.07) is 15.7. The summed E-state index contributed by atoms with van der Waals surface area (Å²) in [7, 11) is 3.26. The normalized spacial score (nSPS) is 21.0. The van der Waals surface area contributed by atoms with Crippen molar-refractivity contribution in [2.45, 2.75) is 104 Å². The molecule has 2 aromatic heterocycles. The van der Waals surface area contributed by atoms with E-state index in [0.29, 0.717) is 45.3 Å². The summed E-state index contributed by atoms with van der Waals surface area (Å²) in [5.74, 6) is -2.93. The molecule has 4 amide bonds. The Hall–Kier alpha value is -5.93. The van der Waals surface area contributed by atoms with Gasteiger partial charge >= 0.3 is 5.97 Å². The third kappa shape index (κ3) is 10.6. The van der Waals surface area contributed by atoms with Crippen molar-refractivity contribution in [1.29, 1.82) is 0 Å². The van der Waals surface area contributed by atoms with Gasteiger partial charge in [0.25, 0.3) is 5.91 Å². The molecular weight excluding hydrogens is 854 g/mol. The van der Waals surface area contributed by atoms with Crippen molar-refractivity contribution in [3.63, 3.8) is 0 Å². The van der Waals surface area contributed by atoms with Gasteiger partial charge < -0.3 is 29.2 Å². The fraction of sp³-hybridized carbons (Fsp3) is 0.500. The van der Waals surface area contributed by atoms with Gasteiger partial charge in [-0.25, -0.2) is 9.82 Å². The highest BCUT2D eigenvalue weighted by Gasteiger charge is 2.40. The highest BCUT2D eigenvalue weighted by molar-refractivity contribution is 5.96. The molecule has 3 aliphatic heterocycles. The number of benzene rings is 2. The molecule has 2 saturated heterocycles. The first kappa shape index (κ1) is 49.0. The molecule has 5 heterocycles. The maximum Gasteiger partial charge on any atom is 0.324 e. The number of nitrogens with one attached hydrogen (secondary N) is 2. The number of allylic oxidation sites excluding steroid dienone is 1. The zero-order valence-corrected chi connectivity index (χ0v) is 40.1. The van der Waals surface area contributed by atoms with Gasteiger partial charge in [0.1, 0.15) is 24.8 Å². The van der Waals surface area contributed by atoms with Crippen LogP contribution in [0.3, 0.4) is 0 Å². The number of hydrazine groups is 1. The lowest BCUT2D eigenvalue weighted by molar-refractivity contribution is -0.155. The topological polar surface area (TPSA) is 155 Å². The number of halogens is 1. The maximum absolute atomic E-state index is 14.7. The highest BCUT2D eigenvalue weighted by atomic mass is 19.1. The van der Waals surface area contributed by atoms with Crippen molar-refractivity contribution in [2.75, 3.05) is 47.1 Å². The first-order chi connectivity index (χ1) is 32.0. The molecule has 358 valence electrons. The van der Waals surface area contributed by atoms with Crippen LogP contribution in [0, 0.1) is 17.3 Å². The Labute approximate surface area is 393 Å². The summed E-state index contributed by atoms with van der Waals surface area (Å²) in [6.45, 7) is 12.9. The molecule has 0 saturated carbocycles. The molecule has 4 aromatic rings. The number of aryl methyl sites for hydroxylation is 1. The Morgan fingerprint density at radius 2 is 1.84 bits per heavy atom. The van der Waals surface area contributed by atoms with Crippen molar-refractivity contribution in [3.05, 3.63) is 89.8 Å². The number of amides is 4. The Kier molecular flexibility index (Phi) is 15.3. The van der Waals surface area contributed by atoms with Gasteiger partial charge in [-0.15, -0.1) is 0 Å². The second kappa shape index (κ2) is 20.9. The molecule has 0 spiro atoms. The van der Waals surface area contributed by atoms with Gasteiger partial charge in [0.2, 0.25) is 17.7 Å². The smallest absolute Gasteiger partial charge is 0.324 e. The van der Waals surface area contributed by atoms with Gasteiger partial charge in [0.15, 0.2) is 0 Å². The molecule has 7 rings (SSSR count). The average Bonchev–Trinajstić information content (AvgIpc) is 3.94. The maximum atomic E-state index is 14.7. The highest BCUT2D eigenvalue weighted by Crippen LogP contribution is 2.42. The number of carbonyl (C=O) groups excluding carboxylic acids is 5. The largest absolute Gasteiger partial charge is 0.464 e. The number of ether oxygens (including phenoxy) is 2. The summed E-state index contributed by atoms with van der Waals surface area (Å²) in [4.78, 5) is 77.4. The van der Waals surface area contributed by atoms with Gasteiger partial charge in [-0.2, -0.15) is 0 Å². The number of likely N-dealkylation sites (tertiary alicyclic amines) is 1. The number of likely N-dealkylation sites (N-methyl/N-ethyl adjacent to an activating group) is 1. The minimum atomic E-state index is -1.08. The fourth-order valence-electron chi connectivity index (χ4n) is 10.0. The van der Waals surface area contributed by atoms with Crippen molar-refractivity contribution in [1.82, 2.24) is 35.1 Å². The number of rotatable bonds is 11. The number of alkyl halides is 1. The third-order valence-electron chi connectivity index (χ3n) is 13.5. The number of carbonyl (C=O) groups is 5. The quantitative estimate of drug-likeness (QED) is 0.125. The first-order valence-corrected chi connectivity index (χ1v) is 23.6.